The number of nitro benzene ring substituents is 1. The first kappa shape index (κ1) is 33.8. The number of nitro groups is 1. The van der Waals surface area contributed by atoms with Crippen molar-refractivity contribution in [2.24, 2.45) is 5.41 Å². The number of carbonyl (C=O) groups is 3. The second kappa shape index (κ2) is 16.7. The van der Waals surface area contributed by atoms with Crippen LogP contribution in [0.4, 0.5) is 11.4 Å². The first-order valence-corrected chi connectivity index (χ1v) is 15.2. The number of carboxylic acid groups (broad SMARTS) is 1. The van der Waals surface area contributed by atoms with Gasteiger partial charge in [-0.25, -0.2) is 4.79 Å². The fourth-order valence-corrected chi connectivity index (χ4v) is 5.48. The molecule has 0 spiro atoms. The van der Waals surface area contributed by atoms with Gasteiger partial charge in [0.25, 0.3) is 11.6 Å². The number of nitrogens with zero attached hydrogens (tertiary/aromatic N) is 1. The summed E-state index contributed by atoms with van der Waals surface area (Å²) in [5, 5.41) is 34.0. The lowest BCUT2D eigenvalue weighted by atomic mass is 9.80. The summed E-state index contributed by atoms with van der Waals surface area (Å²) in [6.45, 7) is 3.63. The quantitative estimate of drug-likeness (QED) is 0.138. The minimum Gasteiger partial charge on any atom is -0.480 e. The molecule has 1 aliphatic carbocycles. The van der Waals surface area contributed by atoms with Crippen LogP contribution in [-0.4, -0.2) is 57.6 Å². The Bertz CT molecular complexity index is 1180. The Morgan fingerprint density at radius 3 is 2.29 bits per heavy atom. The Kier molecular flexibility index (Phi) is 13.8. The Hall–Kier alpha value is -3.44. The second-order valence-corrected chi connectivity index (χ2v) is 11.2. The van der Waals surface area contributed by atoms with Gasteiger partial charge in [0.2, 0.25) is 5.91 Å². The molecule has 1 atom stereocenters. The predicted octanol–water partition coefficient (Wildman–Crippen LogP) is 5.36. The number of thioether (sulfide) groups is 1. The highest BCUT2D eigenvalue weighted by Gasteiger charge is 2.41. The number of benzene rings is 2. The van der Waals surface area contributed by atoms with Crippen molar-refractivity contribution in [3.05, 3.63) is 69.3 Å². The third-order valence-corrected chi connectivity index (χ3v) is 7.92. The molecule has 1 fully saturated rings. The summed E-state index contributed by atoms with van der Waals surface area (Å²) >= 11 is 1.79. The minimum atomic E-state index is -1.09. The molecule has 0 aliphatic heterocycles. The fourth-order valence-electron chi connectivity index (χ4n) is 4.99. The number of rotatable bonds is 13. The van der Waals surface area contributed by atoms with Gasteiger partial charge < -0.3 is 20.8 Å². The van der Waals surface area contributed by atoms with Crippen LogP contribution in [0.2, 0.25) is 0 Å². The smallest absolute Gasteiger partial charge is 0.326 e. The highest BCUT2D eigenvalue weighted by atomic mass is 32.2. The van der Waals surface area contributed by atoms with E-state index in [0.717, 1.165) is 50.7 Å². The summed E-state index contributed by atoms with van der Waals surface area (Å²) in [4.78, 5) is 48.5. The average Bonchev–Trinajstić information content (AvgIpc) is 3.42. The predicted molar refractivity (Wildman–Crippen MR) is 161 cm³/mol. The maximum Gasteiger partial charge on any atom is 0.326 e. The number of nitrogens with one attached hydrogen (secondary N) is 2. The lowest BCUT2D eigenvalue weighted by Gasteiger charge is -2.29. The molecule has 41 heavy (non-hydrogen) atoms. The number of non-ortho nitro benzene ring substituents is 1. The van der Waals surface area contributed by atoms with Crippen LogP contribution in [0.25, 0.3) is 0 Å². The number of unbranched alkanes of at least 4 members (excludes halogenated alkanes) is 1. The molecule has 11 heteroatoms. The molecule has 0 bridgehead atoms. The number of carbonyl (C=O) groups excluding carboxylic acids is 2. The van der Waals surface area contributed by atoms with E-state index in [4.69, 9.17) is 5.11 Å². The monoisotopic (exact) mass is 587 g/mol. The van der Waals surface area contributed by atoms with E-state index in [2.05, 4.69) is 16.9 Å². The molecular weight excluding hydrogens is 546 g/mol. The molecule has 10 nitrogen and oxygen atoms in total. The van der Waals surface area contributed by atoms with E-state index in [1.807, 2.05) is 0 Å². The van der Waals surface area contributed by atoms with E-state index < -0.39 is 28.3 Å². The standard InChI is InChI=1S/C28H35N3O6S.C2H6O/c1-19-7-12-22(31(36)37)18-23(19)25(32)29-21-10-8-20(9-11-21)17-24(26(33)34)30-27(35)28(13-3-4-14-28)15-5-6-16-38-2;1-2-3/h7-12,18,24H,3-6,13-17H2,1-2H3,(H,29,32)(H,30,35)(H,33,34);3H,2H2,1H3/t24-;/m0./s1. The van der Waals surface area contributed by atoms with Gasteiger partial charge in [0, 0.05) is 41.8 Å². The highest BCUT2D eigenvalue weighted by Crippen LogP contribution is 2.42. The van der Waals surface area contributed by atoms with Crippen molar-refractivity contribution in [2.75, 3.05) is 23.9 Å². The van der Waals surface area contributed by atoms with Crippen molar-refractivity contribution >= 4 is 40.9 Å². The van der Waals surface area contributed by atoms with Gasteiger partial charge in [-0.1, -0.05) is 37.5 Å². The van der Waals surface area contributed by atoms with Crippen molar-refractivity contribution in [1.29, 1.82) is 0 Å². The highest BCUT2D eigenvalue weighted by molar-refractivity contribution is 7.98. The molecule has 0 radical (unpaired) electrons. The average molecular weight is 588 g/mol. The van der Waals surface area contributed by atoms with Crippen LogP contribution in [0.3, 0.4) is 0 Å². The molecule has 4 N–H and O–H groups in total. The van der Waals surface area contributed by atoms with Gasteiger partial charge in [-0.05, 0) is 74.8 Å². The Labute approximate surface area is 245 Å². The van der Waals surface area contributed by atoms with Crippen LogP contribution in [-0.2, 0) is 16.0 Å². The third kappa shape index (κ3) is 10.2. The molecule has 2 aromatic rings. The maximum absolute atomic E-state index is 13.3. The van der Waals surface area contributed by atoms with Gasteiger partial charge in [0.15, 0.2) is 0 Å². The Morgan fingerprint density at radius 2 is 1.73 bits per heavy atom. The van der Waals surface area contributed by atoms with E-state index in [0.29, 0.717) is 16.8 Å². The van der Waals surface area contributed by atoms with Gasteiger partial charge in [0.1, 0.15) is 6.04 Å². The first-order chi connectivity index (χ1) is 19.6. The summed E-state index contributed by atoms with van der Waals surface area (Å²) in [5.74, 6) is -0.680. The SMILES string of the molecule is CCO.CSCCCCC1(C(=O)N[C@@H](Cc2ccc(NC(=O)c3cc([N+](=O)[O-])ccc3C)cc2)C(=O)O)CCCC1. The van der Waals surface area contributed by atoms with Crippen molar-refractivity contribution in [1.82, 2.24) is 5.32 Å². The Balaban J connectivity index is 0.00000187. The summed E-state index contributed by atoms with van der Waals surface area (Å²) in [5.41, 5.74) is 1.32. The number of hydrogen-bond acceptors (Lipinski definition) is 7. The zero-order valence-electron chi connectivity index (χ0n) is 24.0. The molecule has 0 saturated heterocycles. The molecule has 0 unspecified atom stereocenters. The van der Waals surface area contributed by atoms with Crippen molar-refractivity contribution < 1.29 is 29.5 Å². The van der Waals surface area contributed by atoms with Gasteiger partial charge >= 0.3 is 5.97 Å². The van der Waals surface area contributed by atoms with E-state index >= 15 is 0 Å². The van der Waals surface area contributed by atoms with Crippen molar-refractivity contribution in [2.45, 2.75) is 71.3 Å². The molecule has 2 aromatic carbocycles. The van der Waals surface area contributed by atoms with Crippen LogP contribution >= 0.6 is 11.8 Å². The van der Waals surface area contributed by atoms with E-state index in [-0.39, 0.29) is 30.2 Å². The van der Waals surface area contributed by atoms with E-state index in [1.54, 1.807) is 49.9 Å². The molecular formula is C30H41N3O7S. The van der Waals surface area contributed by atoms with Gasteiger partial charge in [0.05, 0.1) is 4.92 Å². The van der Waals surface area contributed by atoms with Gasteiger partial charge in [-0.2, -0.15) is 11.8 Å². The van der Waals surface area contributed by atoms with Crippen LogP contribution in [0.15, 0.2) is 42.5 Å². The number of aliphatic hydroxyl groups excluding tert-OH is 1. The summed E-state index contributed by atoms with van der Waals surface area (Å²) in [6, 6.07) is 9.74. The topological polar surface area (TPSA) is 159 Å². The molecule has 1 saturated carbocycles. The number of carboxylic acids is 1. The first-order valence-electron chi connectivity index (χ1n) is 13.9. The lowest BCUT2D eigenvalue weighted by molar-refractivity contribution is -0.384. The number of aryl methyl sites for hydroxylation is 1. The third-order valence-electron chi connectivity index (χ3n) is 7.23. The molecule has 0 heterocycles. The summed E-state index contributed by atoms with van der Waals surface area (Å²) in [6.07, 6.45) is 8.51. The largest absolute Gasteiger partial charge is 0.480 e. The molecule has 224 valence electrons. The summed E-state index contributed by atoms with van der Waals surface area (Å²) < 4.78 is 0. The van der Waals surface area contributed by atoms with E-state index in [9.17, 15) is 29.6 Å². The minimum absolute atomic E-state index is 0.113. The van der Waals surface area contributed by atoms with Crippen molar-refractivity contribution in [3.63, 3.8) is 0 Å². The van der Waals surface area contributed by atoms with E-state index in [1.165, 1.54) is 18.2 Å². The van der Waals surface area contributed by atoms with Gasteiger partial charge in [-0.3, -0.25) is 19.7 Å². The number of hydrogen-bond donors (Lipinski definition) is 4. The maximum atomic E-state index is 13.3. The summed E-state index contributed by atoms with van der Waals surface area (Å²) in [7, 11) is 0. The number of amides is 2. The zero-order valence-corrected chi connectivity index (χ0v) is 24.8. The van der Waals surface area contributed by atoms with Gasteiger partial charge in [-0.15, -0.1) is 0 Å². The number of aliphatic hydroxyl groups is 1. The number of anilines is 1. The number of aliphatic carboxylic acids is 1. The molecule has 0 aromatic heterocycles. The van der Waals surface area contributed by atoms with Crippen LogP contribution in [0, 0.1) is 22.5 Å². The molecule has 2 amide bonds. The zero-order chi connectivity index (χ0) is 30.4. The van der Waals surface area contributed by atoms with Crippen LogP contribution in [0.1, 0.15) is 73.4 Å². The van der Waals surface area contributed by atoms with Crippen molar-refractivity contribution in [3.8, 4) is 0 Å². The lowest BCUT2D eigenvalue weighted by Crippen LogP contribution is -2.48. The molecule has 1 aliphatic rings. The Morgan fingerprint density at radius 1 is 1.10 bits per heavy atom. The second-order valence-electron chi connectivity index (χ2n) is 10.2. The van der Waals surface area contributed by atoms with Crippen LogP contribution in [0.5, 0.6) is 0 Å². The normalized spacial score (nSPS) is 14.3. The van der Waals surface area contributed by atoms with Crippen LogP contribution < -0.4 is 10.6 Å². The fraction of sp³-hybridized carbons (Fsp3) is 0.500. The molecule has 3 rings (SSSR count).